The Labute approximate surface area is 152 Å². The number of aryl methyl sites for hydroxylation is 1. The summed E-state index contributed by atoms with van der Waals surface area (Å²) in [6.45, 7) is 1.78. The molecule has 0 radical (unpaired) electrons. The molecule has 2 aliphatic heterocycles. The fraction of sp³-hybridized carbons (Fsp3) is 0.526. The van der Waals surface area contributed by atoms with Gasteiger partial charge in [0.15, 0.2) is 5.82 Å². The standard InChI is InChI=1S/C19H24FN5O/c20-16-8-7-14(22-18(26)12-13-5-4-9-21-13)11-15(16)19-24-23-17-6-2-1-3-10-25(17)19/h7-8,11,13,21H,1-6,9-10,12H2,(H,22,26). The second-order valence-electron chi connectivity index (χ2n) is 7.14. The molecule has 1 unspecified atom stereocenters. The molecular weight excluding hydrogens is 333 g/mol. The van der Waals surface area contributed by atoms with Gasteiger partial charge in [0.25, 0.3) is 0 Å². The van der Waals surface area contributed by atoms with Crippen LogP contribution in [-0.2, 0) is 17.8 Å². The van der Waals surface area contributed by atoms with Crippen molar-refractivity contribution >= 4 is 11.6 Å². The molecule has 2 aliphatic rings. The van der Waals surface area contributed by atoms with Crippen molar-refractivity contribution in [2.75, 3.05) is 11.9 Å². The van der Waals surface area contributed by atoms with Gasteiger partial charge in [0.1, 0.15) is 11.6 Å². The van der Waals surface area contributed by atoms with E-state index < -0.39 is 0 Å². The third-order valence-corrected chi connectivity index (χ3v) is 5.19. The first kappa shape index (κ1) is 17.1. The molecule has 0 bridgehead atoms. The van der Waals surface area contributed by atoms with E-state index in [1.54, 1.807) is 12.1 Å². The maximum atomic E-state index is 14.5. The normalized spacial score (nSPS) is 19.8. The van der Waals surface area contributed by atoms with Gasteiger partial charge < -0.3 is 15.2 Å². The van der Waals surface area contributed by atoms with Crippen molar-refractivity contribution in [1.82, 2.24) is 20.1 Å². The third kappa shape index (κ3) is 3.62. The van der Waals surface area contributed by atoms with Crippen LogP contribution in [0.5, 0.6) is 0 Å². The summed E-state index contributed by atoms with van der Waals surface area (Å²) in [5.41, 5.74) is 0.984. The Morgan fingerprint density at radius 3 is 3.04 bits per heavy atom. The van der Waals surface area contributed by atoms with Crippen LogP contribution in [0.15, 0.2) is 18.2 Å². The van der Waals surface area contributed by atoms with Crippen molar-refractivity contribution in [2.45, 2.75) is 57.5 Å². The largest absolute Gasteiger partial charge is 0.326 e. The lowest BCUT2D eigenvalue weighted by Crippen LogP contribution is -2.27. The van der Waals surface area contributed by atoms with E-state index in [1.165, 1.54) is 6.07 Å². The van der Waals surface area contributed by atoms with Gasteiger partial charge in [-0.15, -0.1) is 10.2 Å². The van der Waals surface area contributed by atoms with Gasteiger partial charge in [-0.05, 0) is 50.4 Å². The van der Waals surface area contributed by atoms with Gasteiger partial charge in [0.2, 0.25) is 5.91 Å². The number of aromatic nitrogens is 3. The van der Waals surface area contributed by atoms with E-state index in [1.807, 2.05) is 4.57 Å². The van der Waals surface area contributed by atoms with Crippen LogP contribution in [0.1, 0.15) is 44.3 Å². The molecule has 0 aliphatic carbocycles. The molecule has 1 fully saturated rings. The third-order valence-electron chi connectivity index (χ3n) is 5.19. The second-order valence-corrected chi connectivity index (χ2v) is 7.14. The lowest BCUT2D eigenvalue weighted by Gasteiger charge is -2.12. The second kappa shape index (κ2) is 7.53. The number of hydrogen-bond acceptors (Lipinski definition) is 4. The highest BCUT2D eigenvalue weighted by molar-refractivity contribution is 5.91. The van der Waals surface area contributed by atoms with Crippen LogP contribution in [-0.4, -0.2) is 33.3 Å². The highest BCUT2D eigenvalue weighted by atomic mass is 19.1. The van der Waals surface area contributed by atoms with Gasteiger partial charge in [0.05, 0.1) is 5.56 Å². The molecule has 2 aromatic rings. The fourth-order valence-electron chi connectivity index (χ4n) is 3.83. The number of benzene rings is 1. The molecule has 2 N–H and O–H groups in total. The number of anilines is 1. The monoisotopic (exact) mass is 357 g/mol. The number of carbonyl (C=O) groups excluding carboxylic acids is 1. The van der Waals surface area contributed by atoms with Crippen molar-refractivity contribution in [3.63, 3.8) is 0 Å². The number of halogens is 1. The number of rotatable bonds is 4. The summed E-state index contributed by atoms with van der Waals surface area (Å²) in [4.78, 5) is 12.3. The molecule has 7 heteroatoms. The number of nitrogens with one attached hydrogen (secondary N) is 2. The van der Waals surface area contributed by atoms with Gasteiger partial charge in [-0.2, -0.15) is 0 Å². The predicted octanol–water partition coefficient (Wildman–Crippen LogP) is 2.89. The van der Waals surface area contributed by atoms with Crippen molar-refractivity contribution in [3.05, 3.63) is 29.8 Å². The predicted molar refractivity (Wildman–Crippen MR) is 97.2 cm³/mol. The average Bonchev–Trinajstić information content (AvgIpc) is 3.21. The minimum absolute atomic E-state index is 0.0537. The molecule has 1 atom stereocenters. The summed E-state index contributed by atoms with van der Waals surface area (Å²) in [7, 11) is 0. The van der Waals surface area contributed by atoms with E-state index in [0.717, 1.165) is 57.4 Å². The molecular formula is C19H24FN5O. The molecule has 4 rings (SSSR count). The van der Waals surface area contributed by atoms with Crippen LogP contribution in [0.25, 0.3) is 11.4 Å². The maximum Gasteiger partial charge on any atom is 0.225 e. The molecule has 1 amide bonds. The first-order valence-electron chi connectivity index (χ1n) is 9.46. The molecule has 3 heterocycles. The Hall–Kier alpha value is -2.28. The lowest BCUT2D eigenvalue weighted by molar-refractivity contribution is -0.116. The van der Waals surface area contributed by atoms with Crippen molar-refractivity contribution < 1.29 is 9.18 Å². The van der Waals surface area contributed by atoms with Crippen LogP contribution in [0.3, 0.4) is 0 Å². The quantitative estimate of drug-likeness (QED) is 0.883. The van der Waals surface area contributed by atoms with E-state index >= 15 is 0 Å². The van der Waals surface area contributed by atoms with Crippen molar-refractivity contribution in [2.24, 2.45) is 0 Å². The van der Waals surface area contributed by atoms with Gasteiger partial charge in [-0.1, -0.05) is 6.42 Å². The van der Waals surface area contributed by atoms with E-state index in [0.29, 0.717) is 23.5 Å². The van der Waals surface area contributed by atoms with Crippen LogP contribution in [0, 0.1) is 5.82 Å². The molecule has 0 spiro atoms. The van der Waals surface area contributed by atoms with E-state index in [-0.39, 0.29) is 17.8 Å². The topological polar surface area (TPSA) is 71.8 Å². The van der Waals surface area contributed by atoms with E-state index in [9.17, 15) is 9.18 Å². The first-order chi connectivity index (χ1) is 12.7. The highest BCUT2D eigenvalue weighted by Crippen LogP contribution is 2.27. The van der Waals surface area contributed by atoms with Crippen molar-refractivity contribution in [1.29, 1.82) is 0 Å². The van der Waals surface area contributed by atoms with Crippen LogP contribution >= 0.6 is 0 Å². The molecule has 1 aromatic heterocycles. The fourth-order valence-corrected chi connectivity index (χ4v) is 3.83. The Morgan fingerprint density at radius 1 is 1.27 bits per heavy atom. The summed E-state index contributed by atoms with van der Waals surface area (Å²) in [5.74, 6) is 1.06. The zero-order valence-electron chi connectivity index (χ0n) is 14.8. The Kier molecular flexibility index (Phi) is 4.97. The van der Waals surface area contributed by atoms with Crippen LogP contribution in [0.4, 0.5) is 10.1 Å². The number of fused-ring (bicyclic) bond motifs is 1. The lowest BCUT2D eigenvalue weighted by atomic mass is 10.1. The van der Waals surface area contributed by atoms with Crippen LogP contribution in [0.2, 0.25) is 0 Å². The summed E-state index contributed by atoms with van der Waals surface area (Å²) >= 11 is 0. The first-order valence-corrected chi connectivity index (χ1v) is 9.46. The molecule has 26 heavy (non-hydrogen) atoms. The summed E-state index contributed by atoms with van der Waals surface area (Å²) in [6, 6.07) is 4.88. The van der Waals surface area contributed by atoms with Gasteiger partial charge in [-0.25, -0.2) is 4.39 Å². The smallest absolute Gasteiger partial charge is 0.225 e. The Bertz CT molecular complexity index is 797. The molecule has 138 valence electrons. The number of amides is 1. The SMILES string of the molecule is O=C(CC1CCCN1)Nc1ccc(F)c(-c2nnc3n2CCCCC3)c1. The zero-order valence-corrected chi connectivity index (χ0v) is 14.8. The summed E-state index contributed by atoms with van der Waals surface area (Å²) in [6.07, 6.45) is 6.73. The van der Waals surface area contributed by atoms with Gasteiger partial charge in [0, 0.05) is 31.1 Å². The summed E-state index contributed by atoms with van der Waals surface area (Å²) in [5, 5.41) is 14.7. The highest BCUT2D eigenvalue weighted by Gasteiger charge is 2.20. The number of nitrogens with zero attached hydrogens (tertiary/aromatic N) is 3. The maximum absolute atomic E-state index is 14.5. The molecule has 6 nitrogen and oxygen atoms in total. The number of carbonyl (C=O) groups is 1. The molecule has 1 aromatic carbocycles. The van der Waals surface area contributed by atoms with E-state index in [4.69, 9.17) is 0 Å². The molecule has 1 saturated heterocycles. The van der Waals surface area contributed by atoms with Crippen molar-refractivity contribution in [3.8, 4) is 11.4 Å². The summed E-state index contributed by atoms with van der Waals surface area (Å²) < 4.78 is 16.5. The van der Waals surface area contributed by atoms with E-state index in [2.05, 4.69) is 20.8 Å². The minimum Gasteiger partial charge on any atom is -0.326 e. The van der Waals surface area contributed by atoms with Crippen LogP contribution < -0.4 is 10.6 Å². The minimum atomic E-state index is -0.347. The average molecular weight is 357 g/mol. The molecule has 0 saturated carbocycles. The number of hydrogen-bond donors (Lipinski definition) is 2. The van der Waals surface area contributed by atoms with Gasteiger partial charge in [-0.3, -0.25) is 4.79 Å². The Balaban J connectivity index is 1.55. The van der Waals surface area contributed by atoms with Gasteiger partial charge >= 0.3 is 0 Å². The Morgan fingerprint density at radius 2 is 2.19 bits per heavy atom. The zero-order chi connectivity index (χ0) is 17.9.